The fraction of sp³-hybridized carbons (Fsp3) is 0.412. The van der Waals surface area contributed by atoms with E-state index < -0.39 is 4.92 Å². The first-order valence-electron chi connectivity index (χ1n) is 8.33. The predicted octanol–water partition coefficient (Wildman–Crippen LogP) is 3.26. The molecule has 1 atom stereocenters. The summed E-state index contributed by atoms with van der Waals surface area (Å²) in [4.78, 5) is 26.8. The van der Waals surface area contributed by atoms with E-state index in [0.29, 0.717) is 23.2 Å². The molecule has 2 aromatic rings. The molecule has 1 fully saturated rings. The number of thiazole rings is 1. The van der Waals surface area contributed by atoms with Crippen LogP contribution in [-0.4, -0.2) is 35.4 Å². The Bertz CT molecular complexity index is 745. The molecule has 0 radical (unpaired) electrons. The van der Waals surface area contributed by atoms with Gasteiger partial charge in [0.15, 0.2) is 0 Å². The van der Waals surface area contributed by atoms with Gasteiger partial charge < -0.3 is 10.6 Å². The van der Waals surface area contributed by atoms with E-state index in [1.54, 1.807) is 17.5 Å². The molecule has 0 saturated carbocycles. The van der Waals surface area contributed by atoms with Gasteiger partial charge in [-0.05, 0) is 50.4 Å². The van der Waals surface area contributed by atoms with E-state index in [1.165, 1.54) is 36.3 Å². The van der Waals surface area contributed by atoms with Crippen molar-refractivity contribution in [3.05, 3.63) is 45.5 Å². The van der Waals surface area contributed by atoms with Crippen LogP contribution in [0.25, 0.3) is 10.6 Å². The summed E-state index contributed by atoms with van der Waals surface area (Å²) in [5.41, 5.74) is 1.19. The molecule has 1 aromatic heterocycles. The normalized spacial score (nSPS) is 16.5. The number of non-ortho nitro benzene ring substituents is 1. The molecular weight excluding hydrogens is 376 g/mol. The van der Waals surface area contributed by atoms with Crippen LogP contribution in [0.2, 0.25) is 0 Å². The zero-order valence-electron chi connectivity index (χ0n) is 14.1. The van der Waals surface area contributed by atoms with Crippen LogP contribution in [0.1, 0.15) is 29.8 Å². The van der Waals surface area contributed by atoms with Crippen molar-refractivity contribution < 1.29 is 9.72 Å². The number of hydrogen-bond donors (Lipinski definition) is 2. The lowest BCUT2D eigenvalue weighted by Crippen LogP contribution is -2.33. The minimum atomic E-state index is -0.438. The molecular formula is C17H21ClN4O3S. The van der Waals surface area contributed by atoms with Crippen LogP contribution in [0.3, 0.4) is 0 Å². The monoisotopic (exact) mass is 396 g/mol. The number of rotatable bonds is 6. The molecule has 2 N–H and O–H groups in total. The zero-order valence-corrected chi connectivity index (χ0v) is 15.8. The van der Waals surface area contributed by atoms with Gasteiger partial charge >= 0.3 is 0 Å². The number of benzene rings is 1. The number of carbonyl (C=O) groups is 1. The predicted molar refractivity (Wildman–Crippen MR) is 104 cm³/mol. The quantitative estimate of drug-likeness (QED) is 0.577. The highest BCUT2D eigenvalue weighted by Crippen LogP contribution is 2.25. The number of halogens is 1. The van der Waals surface area contributed by atoms with Crippen LogP contribution in [0.5, 0.6) is 0 Å². The minimum Gasteiger partial charge on any atom is -0.351 e. The molecule has 1 aliphatic heterocycles. The molecule has 26 heavy (non-hydrogen) atoms. The number of piperidine rings is 1. The van der Waals surface area contributed by atoms with E-state index in [0.717, 1.165) is 25.1 Å². The highest BCUT2D eigenvalue weighted by atomic mass is 35.5. The van der Waals surface area contributed by atoms with Gasteiger partial charge in [0.1, 0.15) is 10.7 Å². The van der Waals surface area contributed by atoms with Gasteiger partial charge in [-0.1, -0.05) is 0 Å². The number of aromatic nitrogens is 1. The van der Waals surface area contributed by atoms with Gasteiger partial charge in [0, 0.05) is 29.6 Å². The van der Waals surface area contributed by atoms with E-state index in [1.807, 2.05) is 0 Å². The number of amides is 1. The van der Waals surface area contributed by atoms with Crippen LogP contribution < -0.4 is 10.6 Å². The third kappa shape index (κ3) is 5.23. The highest BCUT2D eigenvalue weighted by Gasteiger charge is 2.15. The van der Waals surface area contributed by atoms with Crippen molar-refractivity contribution in [3.63, 3.8) is 0 Å². The second-order valence-corrected chi connectivity index (χ2v) is 6.96. The molecule has 1 amide bonds. The standard InChI is InChI=1S/C17H20N4O3S.ClH/c22-16(19-9-7-12-2-1-8-18-10-12)15-11-25-17(20-15)13-3-5-14(6-4-13)21(23)24;/h3-6,11-12,18H,1-2,7-10H2,(H,19,22);1H. The number of carbonyl (C=O) groups excluding carboxylic acids is 1. The van der Waals surface area contributed by atoms with Crippen molar-refractivity contribution in [3.8, 4) is 10.6 Å². The Kier molecular flexibility index (Phi) is 7.50. The molecule has 140 valence electrons. The van der Waals surface area contributed by atoms with E-state index in [9.17, 15) is 14.9 Å². The lowest BCUT2D eigenvalue weighted by Gasteiger charge is -2.22. The fourth-order valence-corrected chi connectivity index (χ4v) is 3.69. The fourth-order valence-electron chi connectivity index (χ4n) is 2.89. The van der Waals surface area contributed by atoms with Crippen molar-refractivity contribution in [1.82, 2.24) is 15.6 Å². The molecule has 9 heteroatoms. The van der Waals surface area contributed by atoms with Crippen LogP contribution in [0.4, 0.5) is 5.69 Å². The molecule has 0 spiro atoms. The molecule has 0 bridgehead atoms. The first-order chi connectivity index (χ1) is 12.1. The van der Waals surface area contributed by atoms with E-state index >= 15 is 0 Å². The molecule has 3 rings (SSSR count). The molecule has 0 aliphatic carbocycles. The zero-order chi connectivity index (χ0) is 17.6. The summed E-state index contributed by atoms with van der Waals surface area (Å²) in [6.45, 7) is 2.76. The summed E-state index contributed by atoms with van der Waals surface area (Å²) in [6.07, 6.45) is 3.38. The minimum absolute atomic E-state index is 0. The summed E-state index contributed by atoms with van der Waals surface area (Å²) in [5, 5.41) is 19.4. The molecule has 2 heterocycles. The number of nitrogens with one attached hydrogen (secondary N) is 2. The molecule has 1 unspecified atom stereocenters. The molecule has 7 nitrogen and oxygen atoms in total. The number of nitrogens with zero attached hydrogens (tertiary/aromatic N) is 2. The third-order valence-electron chi connectivity index (χ3n) is 4.30. The Morgan fingerprint density at radius 2 is 2.15 bits per heavy atom. The van der Waals surface area contributed by atoms with Crippen molar-refractivity contribution >= 4 is 35.3 Å². The van der Waals surface area contributed by atoms with E-state index in [-0.39, 0.29) is 24.0 Å². The van der Waals surface area contributed by atoms with E-state index in [2.05, 4.69) is 15.6 Å². The first kappa shape index (κ1) is 20.3. The van der Waals surface area contributed by atoms with Crippen molar-refractivity contribution in [1.29, 1.82) is 0 Å². The Labute approximate surface area is 161 Å². The van der Waals surface area contributed by atoms with Crippen molar-refractivity contribution in [2.24, 2.45) is 5.92 Å². The average molecular weight is 397 g/mol. The SMILES string of the molecule is Cl.O=C(NCCC1CCCNC1)c1csc(-c2ccc([N+](=O)[O-])cc2)n1. The summed E-state index contributed by atoms with van der Waals surface area (Å²) in [5.74, 6) is 0.452. The average Bonchev–Trinajstić information content (AvgIpc) is 3.13. The Morgan fingerprint density at radius 3 is 2.81 bits per heavy atom. The maximum Gasteiger partial charge on any atom is 0.270 e. The number of hydrogen-bond acceptors (Lipinski definition) is 6. The highest BCUT2D eigenvalue weighted by molar-refractivity contribution is 7.13. The first-order valence-corrected chi connectivity index (χ1v) is 9.21. The third-order valence-corrected chi connectivity index (χ3v) is 5.19. The topological polar surface area (TPSA) is 97.2 Å². The summed E-state index contributed by atoms with van der Waals surface area (Å²) in [6, 6.07) is 6.17. The number of nitro benzene ring substituents is 1. The lowest BCUT2D eigenvalue weighted by atomic mass is 9.96. The van der Waals surface area contributed by atoms with Gasteiger partial charge in [0.25, 0.3) is 11.6 Å². The Hall–Kier alpha value is -2.03. The summed E-state index contributed by atoms with van der Waals surface area (Å²) < 4.78 is 0. The lowest BCUT2D eigenvalue weighted by molar-refractivity contribution is -0.384. The Balaban J connectivity index is 0.00000243. The second-order valence-electron chi connectivity index (χ2n) is 6.10. The second kappa shape index (κ2) is 9.61. The van der Waals surface area contributed by atoms with Gasteiger partial charge in [0.05, 0.1) is 4.92 Å². The number of nitro groups is 1. The maximum absolute atomic E-state index is 12.2. The Morgan fingerprint density at radius 1 is 1.38 bits per heavy atom. The van der Waals surface area contributed by atoms with Crippen LogP contribution >= 0.6 is 23.7 Å². The van der Waals surface area contributed by atoms with Crippen LogP contribution in [0, 0.1) is 16.0 Å². The van der Waals surface area contributed by atoms with Gasteiger partial charge in [-0.25, -0.2) is 4.98 Å². The summed E-state index contributed by atoms with van der Waals surface area (Å²) >= 11 is 1.35. The van der Waals surface area contributed by atoms with Crippen molar-refractivity contribution in [2.75, 3.05) is 19.6 Å². The van der Waals surface area contributed by atoms with Crippen LogP contribution in [-0.2, 0) is 0 Å². The smallest absolute Gasteiger partial charge is 0.270 e. The van der Waals surface area contributed by atoms with Crippen LogP contribution in [0.15, 0.2) is 29.6 Å². The maximum atomic E-state index is 12.2. The van der Waals surface area contributed by atoms with E-state index in [4.69, 9.17) is 0 Å². The van der Waals surface area contributed by atoms with Gasteiger partial charge in [-0.2, -0.15) is 0 Å². The van der Waals surface area contributed by atoms with Gasteiger partial charge in [0.2, 0.25) is 0 Å². The summed E-state index contributed by atoms with van der Waals surface area (Å²) in [7, 11) is 0. The largest absolute Gasteiger partial charge is 0.351 e. The van der Waals surface area contributed by atoms with Gasteiger partial charge in [-0.3, -0.25) is 14.9 Å². The molecule has 1 aromatic carbocycles. The molecule has 1 aliphatic rings. The molecule has 1 saturated heterocycles. The van der Waals surface area contributed by atoms with Crippen molar-refractivity contribution in [2.45, 2.75) is 19.3 Å². The van der Waals surface area contributed by atoms with Gasteiger partial charge in [-0.15, -0.1) is 23.7 Å².